The summed E-state index contributed by atoms with van der Waals surface area (Å²) in [4.78, 5) is 39.0. The fraction of sp³-hybridized carbons (Fsp3) is 0.167. The molecule has 2 aromatic rings. The SMILES string of the molecule is Cc1cc([N+](=O)[O-])ccc1NC(=O)CC1SC(=Nc2ccccc2)NC1=O. The molecule has 1 unspecified atom stereocenters. The van der Waals surface area contributed by atoms with Crippen LogP contribution < -0.4 is 10.6 Å². The average Bonchev–Trinajstić information content (AvgIpc) is 2.96. The number of thioether (sulfide) groups is 1. The van der Waals surface area contributed by atoms with Gasteiger partial charge in [-0.3, -0.25) is 19.7 Å². The first-order valence-corrected chi connectivity index (χ1v) is 8.96. The number of rotatable bonds is 5. The number of carbonyl (C=O) groups is 2. The molecule has 27 heavy (non-hydrogen) atoms. The highest BCUT2D eigenvalue weighted by Gasteiger charge is 2.32. The van der Waals surface area contributed by atoms with E-state index in [1.165, 1.54) is 30.0 Å². The zero-order valence-electron chi connectivity index (χ0n) is 14.3. The molecular weight excluding hydrogens is 368 g/mol. The van der Waals surface area contributed by atoms with Crippen LogP contribution in [0.15, 0.2) is 53.5 Å². The van der Waals surface area contributed by atoms with Gasteiger partial charge in [0.2, 0.25) is 11.8 Å². The number of nitro benzene ring substituents is 1. The van der Waals surface area contributed by atoms with Crippen LogP contribution in [0.5, 0.6) is 0 Å². The van der Waals surface area contributed by atoms with Crippen LogP contribution in [-0.4, -0.2) is 27.2 Å². The van der Waals surface area contributed by atoms with Crippen LogP contribution in [0.25, 0.3) is 0 Å². The molecule has 2 aromatic carbocycles. The number of amidine groups is 1. The molecule has 2 N–H and O–H groups in total. The van der Waals surface area contributed by atoms with Crippen molar-refractivity contribution in [3.8, 4) is 0 Å². The normalized spacial score (nSPS) is 17.6. The van der Waals surface area contributed by atoms with E-state index in [1.54, 1.807) is 6.92 Å². The van der Waals surface area contributed by atoms with Gasteiger partial charge in [-0.25, -0.2) is 4.99 Å². The van der Waals surface area contributed by atoms with Gasteiger partial charge in [-0.1, -0.05) is 30.0 Å². The molecule has 9 heteroatoms. The Morgan fingerprint density at radius 1 is 1.30 bits per heavy atom. The standard InChI is InChI=1S/C18H16N4O4S/c1-11-9-13(22(25)26)7-8-14(11)20-16(23)10-15-17(24)21-18(27-15)19-12-5-3-2-4-6-12/h2-9,15H,10H2,1H3,(H,20,23)(H,19,21,24). The van der Waals surface area contributed by atoms with E-state index in [1.807, 2.05) is 30.3 Å². The highest BCUT2D eigenvalue weighted by Crippen LogP contribution is 2.26. The lowest BCUT2D eigenvalue weighted by molar-refractivity contribution is -0.384. The van der Waals surface area contributed by atoms with Gasteiger partial charge >= 0.3 is 0 Å². The van der Waals surface area contributed by atoms with Gasteiger partial charge in [0.1, 0.15) is 5.25 Å². The number of anilines is 1. The predicted octanol–water partition coefficient (Wildman–Crippen LogP) is 3.15. The minimum Gasteiger partial charge on any atom is -0.326 e. The maximum Gasteiger partial charge on any atom is 0.269 e. The number of aryl methyl sites for hydroxylation is 1. The van der Waals surface area contributed by atoms with E-state index in [4.69, 9.17) is 0 Å². The number of amides is 2. The Balaban J connectivity index is 1.62. The quantitative estimate of drug-likeness (QED) is 0.607. The first-order chi connectivity index (χ1) is 12.9. The van der Waals surface area contributed by atoms with Crippen molar-refractivity contribution < 1.29 is 14.5 Å². The van der Waals surface area contributed by atoms with Crippen molar-refractivity contribution >= 4 is 45.8 Å². The summed E-state index contributed by atoms with van der Waals surface area (Å²) in [5.74, 6) is -0.620. The Bertz CT molecular complexity index is 930. The highest BCUT2D eigenvalue weighted by atomic mass is 32.2. The zero-order chi connectivity index (χ0) is 19.4. The summed E-state index contributed by atoms with van der Waals surface area (Å²) in [6.07, 6.45) is -0.0270. The smallest absolute Gasteiger partial charge is 0.269 e. The summed E-state index contributed by atoms with van der Waals surface area (Å²) >= 11 is 1.20. The fourth-order valence-corrected chi connectivity index (χ4v) is 3.47. The van der Waals surface area contributed by atoms with E-state index in [0.29, 0.717) is 22.1 Å². The Kier molecular flexibility index (Phi) is 5.51. The maximum atomic E-state index is 12.3. The van der Waals surface area contributed by atoms with Gasteiger partial charge in [-0.05, 0) is 30.7 Å². The van der Waals surface area contributed by atoms with Crippen molar-refractivity contribution in [3.63, 3.8) is 0 Å². The van der Waals surface area contributed by atoms with Crippen molar-refractivity contribution in [2.24, 2.45) is 4.99 Å². The number of non-ortho nitro benzene ring substituents is 1. The van der Waals surface area contributed by atoms with E-state index >= 15 is 0 Å². The van der Waals surface area contributed by atoms with E-state index in [9.17, 15) is 19.7 Å². The van der Waals surface area contributed by atoms with Gasteiger partial charge in [0.15, 0.2) is 5.17 Å². The van der Waals surface area contributed by atoms with Gasteiger partial charge in [0.05, 0.1) is 10.6 Å². The molecule has 1 aliphatic rings. The molecule has 2 amide bonds. The van der Waals surface area contributed by atoms with Crippen LogP contribution in [0.3, 0.4) is 0 Å². The number of nitro groups is 1. The summed E-state index contributed by atoms with van der Waals surface area (Å²) < 4.78 is 0. The van der Waals surface area contributed by atoms with Crippen LogP contribution >= 0.6 is 11.8 Å². The topological polar surface area (TPSA) is 114 Å². The minimum atomic E-state index is -0.578. The third kappa shape index (κ3) is 4.70. The maximum absolute atomic E-state index is 12.3. The van der Waals surface area contributed by atoms with Crippen molar-refractivity contribution in [2.45, 2.75) is 18.6 Å². The van der Waals surface area contributed by atoms with Crippen molar-refractivity contribution in [3.05, 3.63) is 64.2 Å². The second kappa shape index (κ2) is 8.00. The van der Waals surface area contributed by atoms with Gasteiger partial charge in [-0.15, -0.1) is 0 Å². The third-order valence-electron chi connectivity index (χ3n) is 3.83. The lowest BCUT2D eigenvalue weighted by Gasteiger charge is -2.09. The monoisotopic (exact) mass is 384 g/mol. The molecule has 8 nitrogen and oxygen atoms in total. The number of nitrogens with one attached hydrogen (secondary N) is 2. The van der Waals surface area contributed by atoms with E-state index < -0.39 is 10.2 Å². The molecule has 1 aliphatic heterocycles. The van der Waals surface area contributed by atoms with Crippen LogP contribution in [0, 0.1) is 17.0 Å². The van der Waals surface area contributed by atoms with Crippen molar-refractivity contribution in [2.75, 3.05) is 5.32 Å². The van der Waals surface area contributed by atoms with E-state index in [0.717, 1.165) is 0 Å². The zero-order valence-corrected chi connectivity index (χ0v) is 15.2. The number of para-hydroxylation sites is 1. The summed E-state index contributed by atoms with van der Waals surface area (Å²) in [6.45, 7) is 1.67. The second-order valence-corrected chi connectivity index (χ2v) is 7.05. The van der Waals surface area contributed by atoms with E-state index in [-0.39, 0.29) is 23.9 Å². The molecule has 1 heterocycles. The van der Waals surface area contributed by atoms with Crippen molar-refractivity contribution in [1.29, 1.82) is 0 Å². The molecule has 1 saturated heterocycles. The van der Waals surface area contributed by atoms with Crippen molar-refractivity contribution in [1.82, 2.24) is 5.32 Å². The Labute approximate surface area is 159 Å². The average molecular weight is 384 g/mol. The molecule has 0 aromatic heterocycles. The number of aliphatic imine (C=N–C) groups is 1. The summed E-state index contributed by atoms with van der Waals surface area (Å²) in [5.41, 5.74) is 1.73. The molecule has 0 aliphatic carbocycles. The molecule has 0 bridgehead atoms. The number of benzene rings is 2. The lowest BCUT2D eigenvalue weighted by atomic mass is 10.1. The number of carbonyl (C=O) groups excluding carboxylic acids is 2. The van der Waals surface area contributed by atoms with Gasteiger partial charge in [-0.2, -0.15) is 0 Å². The van der Waals surface area contributed by atoms with Crippen LogP contribution in [0.2, 0.25) is 0 Å². The molecular formula is C18H16N4O4S. The van der Waals surface area contributed by atoms with Crippen LogP contribution in [-0.2, 0) is 9.59 Å². The highest BCUT2D eigenvalue weighted by molar-refractivity contribution is 8.15. The van der Waals surface area contributed by atoms with Crippen LogP contribution in [0.4, 0.5) is 17.1 Å². The number of hydrogen-bond donors (Lipinski definition) is 2. The summed E-state index contributed by atoms with van der Waals surface area (Å²) in [7, 11) is 0. The lowest BCUT2D eigenvalue weighted by Crippen LogP contribution is -2.28. The molecule has 138 valence electrons. The molecule has 1 atom stereocenters. The molecule has 3 rings (SSSR count). The van der Waals surface area contributed by atoms with Crippen LogP contribution in [0.1, 0.15) is 12.0 Å². The fourth-order valence-electron chi connectivity index (χ4n) is 2.48. The Morgan fingerprint density at radius 3 is 2.70 bits per heavy atom. The Morgan fingerprint density at radius 2 is 2.04 bits per heavy atom. The Hall–Kier alpha value is -3.20. The van der Waals surface area contributed by atoms with Gasteiger partial charge in [0.25, 0.3) is 5.69 Å². The largest absolute Gasteiger partial charge is 0.326 e. The molecule has 0 radical (unpaired) electrons. The second-order valence-electron chi connectivity index (χ2n) is 5.86. The molecule has 0 saturated carbocycles. The third-order valence-corrected chi connectivity index (χ3v) is 4.91. The molecule has 1 fully saturated rings. The van der Waals surface area contributed by atoms with Gasteiger partial charge < -0.3 is 10.6 Å². The predicted molar refractivity (Wildman–Crippen MR) is 104 cm³/mol. The molecule has 0 spiro atoms. The number of nitrogens with zero attached hydrogens (tertiary/aromatic N) is 2. The van der Waals surface area contributed by atoms with E-state index in [2.05, 4.69) is 15.6 Å². The van der Waals surface area contributed by atoms with Gasteiger partial charge in [0, 0.05) is 24.2 Å². The minimum absolute atomic E-state index is 0.0270. The summed E-state index contributed by atoms with van der Waals surface area (Å²) in [5, 5.41) is 16.0. The number of hydrogen-bond acceptors (Lipinski definition) is 6. The first-order valence-electron chi connectivity index (χ1n) is 8.08. The first kappa shape index (κ1) is 18.6. The summed E-state index contributed by atoms with van der Waals surface area (Å²) in [6, 6.07) is 13.4.